The number of carbonyl (C=O) groups is 3. The van der Waals surface area contributed by atoms with Gasteiger partial charge in [-0.15, -0.1) is 0 Å². The lowest BCUT2D eigenvalue weighted by Gasteiger charge is -2.33. The lowest BCUT2D eigenvalue weighted by molar-refractivity contribution is -0.133. The SMILES string of the molecule is CC(C)C(=O)[C@H](NC(=O)c1cccc([C@H]2CCCN(C(=O)C3CC3)C2)c1F)C1CCCCC1. The van der Waals surface area contributed by atoms with Crippen molar-refractivity contribution in [3.8, 4) is 0 Å². The predicted molar refractivity (Wildman–Crippen MR) is 125 cm³/mol. The standard InChI is InChI=1S/C27H37FN2O3/c1-17(2)25(31)24(18-8-4-3-5-9-18)29-26(32)22-12-6-11-21(23(22)28)20-10-7-15-30(16-20)27(33)19-13-14-19/h6,11-12,17-20,24H,3-5,7-10,13-16H2,1-2H3,(H,29,32)/t20-,24+/m0/s1. The van der Waals surface area contributed by atoms with E-state index in [2.05, 4.69) is 5.32 Å². The zero-order valence-electron chi connectivity index (χ0n) is 19.9. The van der Waals surface area contributed by atoms with Gasteiger partial charge in [0.15, 0.2) is 5.78 Å². The zero-order valence-corrected chi connectivity index (χ0v) is 19.9. The minimum absolute atomic E-state index is 0.00416. The van der Waals surface area contributed by atoms with Crippen molar-refractivity contribution in [3.05, 3.63) is 35.1 Å². The second-order valence-corrected chi connectivity index (χ2v) is 10.5. The molecule has 33 heavy (non-hydrogen) atoms. The van der Waals surface area contributed by atoms with E-state index in [1.54, 1.807) is 12.1 Å². The largest absolute Gasteiger partial charge is 0.342 e. The predicted octanol–water partition coefficient (Wildman–Crippen LogP) is 4.85. The number of nitrogens with one attached hydrogen (secondary N) is 1. The molecule has 5 nitrogen and oxygen atoms in total. The summed E-state index contributed by atoms with van der Waals surface area (Å²) in [6, 6.07) is 4.39. The number of hydrogen-bond acceptors (Lipinski definition) is 3. The molecule has 0 aromatic heterocycles. The van der Waals surface area contributed by atoms with E-state index in [0.29, 0.717) is 12.1 Å². The maximum absolute atomic E-state index is 15.6. The van der Waals surface area contributed by atoms with Gasteiger partial charge in [0.05, 0.1) is 11.6 Å². The van der Waals surface area contributed by atoms with Crippen LogP contribution in [-0.4, -0.2) is 41.6 Å². The number of Topliss-reactive ketones (excluding diaryl/α,β-unsaturated/α-hetero) is 1. The van der Waals surface area contributed by atoms with E-state index in [1.807, 2.05) is 18.7 Å². The molecule has 4 rings (SSSR count). The summed E-state index contributed by atoms with van der Waals surface area (Å²) in [5.74, 6) is -0.845. The highest BCUT2D eigenvalue weighted by Crippen LogP contribution is 2.35. The molecule has 3 fully saturated rings. The van der Waals surface area contributed by atoms with Gasteiger partial charge in [-0.2, -0.15) is 0 Å². The Balaban J connectivity index is 1.51. The zero-order chi connectivity index (χ0) is 23.5. The van der Waals surface area contributed by atoms with Gasteiger partial charge in [-0.05, 0) is 56.1 Å². The Morgan fingerprint density at radius 1 is 1.00 bits per heavy atom. The third-order valence-electron chi connectivity index (χ3n) is 7.66. The highest BCUT2D eigenvalue weighted by atomic mass is 19.1. The molecule has 1 N–H and O–H groups in total. The fraction of sp³-hybridized carbons (Fsp3) is 0.667. The molecule has 2 amide bonds. The van der Waals surface area contributed by atoms with Gasteiger partial charge >= 0.3 is 0 Å². The van der Waals surface area contributed by atoms with Crippen molar-refractivity contribution in [2.75, 3.05) is 13.1 Å². The van der Waals surface area contributed by atoms with Crippen LogP contribution in [0.5, 0.6) is 0 Å². The highest BCUT2D eigenvalue weighted by Gasteiger charge is 2.37. The molecule has 1 aromatic carbocycles. The van der Waals surface area contributed by atoms with Crippen LogP contribution in [0.25, 0.3) is 0 Å². The average molecular weight is 457 g/mol. The summed E-state index contributed by atoms with van der Waals surface area (Å²) in [5.41, 5.74) is 0.496. The maximum Gasteiger partial charge on any atom is 0.254 e. The fourth-order valence-electron chi connectivity index (χ4n) is 5.53. The van der Waals surface area contributed by atoms with Crippen LogP contribution in [0.1, 0.15) is 93.5 Å². The third-order valence-corrected chi connectivity index (χ3v) is 7.66. The number of amides is 2. The number of piperidine rings is 1. The molecule has 6 heteroatoms. The number of nitrogens with zero attached hydrogens (tertiary/aromatic N) is 1. The van der Waals surface area contributed by atoms with E-state index in [0.717, 1.165) is 64.3 Å². The maximum atomic E-state index is 15.6. The van der Waals surface area contributed by atoms with E-state index in [9.17, 15) is 14.4 Å². The molecule has 1 aliphatic heterocycles. The molecule has 0 bridgehead atoms. The first-order chi connectivity index (χ1) is 15.9. The minimum atomic E-state index is -0.567. The van der Waals surface area contributed by atoms with E-state index in [-0.39, 0.29) is 40.9 Å². The Morgan fingerprint density at radius 2 is 1.73 bits per heavy atom. The Bertz CT molecular complexity index is 889. The van der Waals surface area contributed by atoms with Gasteiger partial charge < -0.3 is 10.2 Å². The molecule has 2 atom stereocenters. The number of rotatable bonds is 7. The van der Waals surface area contributed by atoms with E-state index < -0.39 is 17.8 Å². The van der Waals surface area contributed by atoms with Crippen molar-refractivity contribution < 1.29 is 18.8 Å². The second kappa shape index (κ2) is 10.4. The minimum Gasteiger partial charge on any atom is -0.342 e. The molecule has 180 valence electrons. The van der Waals surface area contributed by atoms with E-state index >= 15 is 4.39 Å². The van der Waals surface area contributed by atoms with Crippen molar-refractivity contribution in [1.82, 2.24) is 10.2 Å². The van der Waals surface area contributed by atoms with Crippen molar-refractivity contribution >= 4 is 17.6 Å². The lowest BCUT2D eigenvalue weighted by atomic mass is 9.80. The number of hydrogen-bond donors (Lipinski definition) is 1. The Labute approximate surface area is 196 Å². The van der Waals surface area contributed by atoms with Crippen LogP contribution in [0.4, 0.5) is 4.39 Å². The molecular weight excluding hydrogens is 419 g/mol. The first-order valence-corrected chi connectivity index (χ1v) is 12.8. The molecule has 2 aliphatic carbocycles. The second-order valence-electron chi connectivity index (χ2n) is 10.5. The summed E-state index contributed by atoms with van der Waals surface area (Å²) < 4.78 is 15.6. The Hall–Kier alpha value is -2.24. The lowest BCUT2D eigenvalue weighted by Crippen LogP contribution is -2.48. The molecule has 1 saturated heterocycles. The summed E-state index contributed by atoms with van der Waals surface area (Å²) in [5, 5.41) is 2.91. The van der Waals surface area contributed by atoms with Gasteiger partial charge in [0, 0.05) is 30.8 Å². The molecule has 3 aliphatic rings. The van der Waals surface area contributed by atoms with Crippen LogP contribution >= 0.6 is 0 Å². The van der Waals surface area contributed by atoms with Gasteiger partial charge in [-0.3, -0.25) is 14.4 Å². The third kappa shape index (κ3) is 5.47. The summed E-state index contributed by atoms with van der Waals surface area (Å²) in [6.45, 7) is 4.94. The quantitative estimate of drug-likeness (QED) is 0.638. The first kappa shape index (κ1) is 23.9. The van der Waals surface area contributed by atoms with E-state index in [1.165, 1.54) is 6.07 Å². The van der Waals surface area contributed by atoms with Crippen molar-refractivity contribution in [1.29, 1.82) is 0 Å². The monoisotopic (exact) mass is 456 g/mol. The van der Waals surface area contributed by atoms with Crippen molar-refractivity contribution in [3.63, 3.8) is 0 Å². The van der Waals surface area contributed by atoms with Gasteiger partial charge in [0.1, 0.15) is 5.82 Å². The van der Waals surface area contributed by atoms with Crippen LogP contribution in [0.2, 0.25) is 0 Å². The molecular formula is C27H37FN2O3. The molecule has 1 heterocycles. The number of halogens is 1. The highest BCUT2D eigenvalue weighted by molar-refractivity contribution is 5.98. The van der Waals surface area contributed by atoms with Gasteiger partial charge in [-0.25, -0.2) is 4.39 Å². The van der Waals surface area contributed by atoms with Crippen molar-refractivity contribution in [2.45, 2.75) is 83.6 Å². The molecule has 0 spiro atoms. The number of carbonyl (C=O) groups excluding carboxylic acids is 3. The molecule has 2 saturated carbocycles. The van der Waals surface area contributed by atoms with Crippen LogP contribution in [0, 0.1) is 23.6 Å². The van der Waals surface area contributed by atoms with Gasteiger partial charge in [0.25, 0.3) is 5.91 Å². The summed E-state index contributed by atoms with van der Waals surface area (Å²) in [7, 11) is 0. The van der Waals surface area contributed by atoms with E-state index in [4.69, 9.17) is 0 Å². The van der Waals surface area contributed by atoms with Gasteiger partial charge in [0.2, 0.25) is 5.91 Å². The molecule has 1 aromatic rings. The molecule has 0 unspecified atom stereocenters. The topological polar surface area (TPSA) is 66.5 Å². The smallest absolute Gasteiger partial charge is 0.254 e. The summed E-state index contributed by atoms with van der Waals surface area (Å²) in [6.07, 6.45) is 8.66. The Morgan fingerprint density at radius 3 is 2.39 bits per heavy atom. The summed E-state index contributed by atoms with van der Waals surface area (Å²) >= 11 is 0. The van der Waals surface area contributed by atoms with Crippen LogP contribution in [-0.2, 0) is 9.59 Å². The van der Waals surface area contributed by atoms with Crippen LogP contribution < -0.4 is 5.32 Å². The van der Waals surface area contributed by atoms with Crippen LogP contribution in [0.15, 0.2) is 18.2 Å². The summed E-state index contributed by atoms with van der Waals surface area (Å²) in [4.78, 5) is 40.5. The first-order valence-electron chi connectivity index (χ1n) is 12.8. The number of benzene rings is 1. The van der Waals surface area contributed by atoms with Crippen LogP contribution in [0.3, 0.4) is 0 Å². The molecule has 0 radical (unpaired) electrons. The fourth-order valence-corrected chi connectivity index (χ4v) is 5.53. The van der Waals surface area contributed by atoms with Crippen molar-refractivity contribution in [2.24, 2.45) is 17.8 Å². The number of ketones is 1. The Kier molecular flexibility index (Phi) is 7.50. The number of likely N-dealkylation sites (tertiary alicyclic amines) is 1. The van der Waals surface area contributed by atoms with Gasteiger partial charge in [-0.1, -0.05) is 45.2 Å². The normalized spacial score (nSPS) is 22.8. The average Bonchev–Trinajstić information content (AvgIpc) is 3.68.